The molecule has 5 nitrogen and oxygen atoms in total. The Bertz CT molecular complexity index is 679. The number of esters is 1. The number of rotatable bonds is 2. The van der Waals surface area contributed by atoms with Crippen LogP contribution in [-0.2, 0) is 11.8 Å². The van der Waals surface area contributed by atoms with Gasteiger partial charge >= 0.3 is 5.97 Å². The third kappa shape index (κ3) is 2.09. The molecule has 0 aliphatic heterocycles. The van der Waals surface area contributed by atoms with Gasteiger partial charge in [-0.2, -0.15) is 0 Å². The number of hydrogen-bond acceptors (Lipinski definition) is 4. The fourth-order valence-corrected chi connectivity index (χ4v) is 1.85. The molecule has 0 saturated carbocycles. The summed E-state index contributed by atoms with van der Waals surface area (Å²) < 4.78 is 6.43. The lowest BCUT2D eigenvalue weighted by Crippen LogP contribution is -2.20. The van der Waals surface area contributed by atoms with Gasteiger partial charge in [-0.05, 0) is 13.0 Å². The van der Waals surface area contributed by atoms with Gasteiger partial charge < -0.3 is 9.30 Å². The first-order chi connectivity index (χ1) is 8.54. The van der Waals surface area contributed by atoms with Gasteiger partial charge in [-0.1, -0.05) is 11.6 Å². The zero-order valence-corrected chi connectivity index (χ0v) is 10.7. The number of aromatic nitrogens is 2. The molecule has 2 heterocycles. The topological polar surface area (TPSA) is 61.2 Å². The SMILES string of the molecule is CCOC(=O)c1cn(C)c2ncc(Cl)cc2c1=O. The predicted molar refractivity (Wildman–Crippen MR) is 68.0 cm³/mol. The number of fused-ring (bicyclic) bond motifs is 1. The molecule has 0 spiro atoms. The summed E-state index contributed by atoms with van der Waals surface area (Å²) in [5, 5.41) is 0.649. The van der Waals surface area contributed by atoms with Crippen molar-refractivity contribution in [3.05, 3.63) is 39.3 Å². The van der Waals surface area contributed by atoms with Crippen LogP contribution >= 0.6 is 11.6 Å². The molecular formula is C12H11ClN2O3. The number of nitrogens with zero attached hydrogens (tertiary/aromatic N) is 2. The van der Waals surface area contributed by atoms with Gasteiger partial charge in [0.25, 0.3) is 0 Å². The Kier molecular flexibility index (Phi) is 3.34. The molecule has 0 radical (unpaired) electrons. The van der Waals surface area contributed by atoms with Crippen molar-refractivity contribution in [2.45, 2.75) is 6.92 Å². The highest BCUT2D eigenvalue weighted by Gasteiger charge is 2.16. The van der Waals surface area contributed by atoms with Gasteiger partial charge in [0.05, 0.1) is 17.0 Å². The molecule has 2 rings (SSSR count). The zero-order chi connectivity index (χ0) is 13.3. The molecule has 2 aromatic heterocycles. The summed E-state index contributed by atoms with van der Waals surface area (Å²) >= 11 is 5.81. The summed E-state index contributed by atoms with van der Waals surface area (Å²) in [6.45, 7) is 1.90. The maximum atomic E-state index is 12.1. The van der Waals surface area contributed by atoms with Crippen LogP contribution in [0, 0.1) is 0 Å². The van der Waals surface area contributed by atoms with E-state index in [4.69, 9.17) is 16.3 Å². The summed E-state index contributed by atoms with van der Waals surface area (Å²) in [6.07, 6.45) is 2.87. The van der Waals surface area contributed by atoms with E-state index in [1.54, 1.807) is 18.5 Å². The molecular weight excluding hydrogens is 256 g/mol. The molecule has 0 unspecified atom stereocenters. The molecule has 0 aromatic carbocycles. The lowest BCUT2D eigenvalue weighted by molar-refractivity contribution is 0.0524. The van der Waals surface area contributed by atoms with Gasteiger partial charge in [-0.15, -0.1) is 0 Å². The quantitative estimate of drug-likeness (QED) is 0.777. The van der Waals surface area contributed by atoms with Crippen LogP contribution in [0.3, 0.4) is 0 Å². The normalized spacial score (nSPS) is 10.6. The molecule has 0 saturated heterocycles. The van der Waals surface area contributed by atoms with Gasteiger partial charge in [0.15, 0.2) is 0 Å². The second-order valence-electron chi connectivity index (χ2n) is 3.73. The van der Waals surface area contributed by atoms with Crippen molar-refractivity contribution in [2.75, 3.05) is 6.61 Å². The molecule has 94 valence electrons. The van der Waals surface area contributed by atoms with E-state index in [0.29, 0.717) is 16.1 Å². The molecule has 0 fully saturated rings. The van der Waals surface area contributed by atoms with Crippen LogP contribution in [0.5, 0.6) is 0 Å². The fourth-order valence-electron chi connectivity index (χ4n) is 1.69. The first-order valence-corrected chi connectivity index (χ1v) is 5.74. The van der Waals surface area contributed by atoms with E-state index in [-0.39, 0.29) is 12.2 Å². The minimum absolute atomic E-state index is 0.0177. The fraction of sp³-hybridized carbons (Fsp3) is 0.250. The van der Waals surface area contributed by atoms with Crippen molar-refractivity contribution in [1.82, 2.24) is 9.55 Å². The number of pyridine rings is 2. The first-order valence-electron chi connectivity index (χ1n) is 5.36. The molecule has 0 aliphatic rings. The highest BCUT2D eigenvalue weighted by Crippen LogP contribution is 2.14. The number of ether oxygens (including phenoxy) is 1. The summed E-state index contributed by atoms with van der Waals surface area (Å²) in [6, 6.07) is 1.49. The second-order valence-corrected chi connectivity index (χ2v) is 4.16. The second kappa shape index (κ2) is 4.78. The van der Waals surface area contributed by atoms with E-state index in [2.05, 4.69) is 4.98 Å². The van der Waals surface area contributed by atoms with E-state index >= 15 is 0 Å². The number of carbonyl (C=O) groups is 1. The van der Waals surface area contributed by atoms with E-state index in [1.807, 2.05) is 0 Å². The Morgan fingerprint density at radius 3 is 2.94 bits per heavy atom. The van der Waals surface area contributed by atoms with Crippen LogP contribution in [0.2, 0.25) is 5.02 Å². The maximum absolute atomic E-state index is 12.1. The highest BCUT2D eigenvalue weighted by molar-refractivity contribution is 6.31. The van der Waals surface area contributed by atoms with Gasteiger partial charge in [0.2, 0.25) is 5.43 Å². The smallest absolute Gasteiger partial charge is 0.343 e. The first kappa shape index (κ1) is 12.6. The maximum Gasteiger partial charge on any atom is 0.343 e. The molecule has 2 aromatic rings. The van der Waals surface area contributed by atoms with Crippen LogP contribution in [0.25, 0.3) is 11.0 Å². The van der Waals surface area contributed by atoms with Crippen molar-refractivity contribution in [1.29, 1.82) is 0 Å². The minimum Gasteiger partial charge on any atom is -0.462 e. The van der Waals surface area contributed by atoms with Crippen molar-refractivity contribution in [2.24, 2.45) is 7.05 Å². The summed E-state index contributed by atoms with van der Waals surface area (Å²) in [4.78, 5) is 27.9. The average molecular weight is 267 g/mol. The van der Waals surface area contributed by atoms with Gasteiger partial charge in [0.1, 0.15) is 11.2 Å². The number of carbonyl (C=O) groups excluding carboxylic acids is 1. The third-order valence-electron chi connectivity index (χ3n) is 2.47. The van der Waals surface area contributed by atoms with Gasteiger partial charge in [-0.3, -0.25) is 4.79 Å². The molecule has 6 heteroatoms. The molecule has 0 amide bonds. The number of aryl methyl sites for hydroxylation is 1. The molecule has 0 N–H and O–H groups in total. The Morgan fingerprint density at radius 1 is 1.56 bits per heavy atom. The number of halogens is 1. The lowest BCUT2D eigenvalue weighted by Gasteiger charge is -2.07. The van der Waals surface area contributed by atoms with Crippen LogP contribution in [0.15, 0.2) is 23.3 Å². The molecule has 0 aliphatic carbocycles. The molecule has 0 bridgehead atoms. The van der Waals surface area contributed by atoms with E-state index in [1.165, 1.54) is 18.5 Å². The zero-order valence-electron chi connectivity index (χ0n) is 9.94. The van der Waals surface area contributed by atoms with E-state index < -0.39 is 11.4 Å². The Labute approximate surface area is 108 Å². The minimum atomic E-state index is -0.639. The molecule has 18 heavy (non-hydrogen) atoms. The van der Waals surface area contributed by atoms with Crippen LogP contribution in [0.4, 0.5) is 0 Å². The Balaban J connectivity index is 2.75. The Hall–Kier alpha value is -1.88. The monoisotopic (exact) mass is 266 g/mol. The van der Waals surface area contributed by atoms with Crippen LogP contribution in [-0.4, -0.2) is 22.1 Å². The third-order valence-corrected chi connectivity index (χ3v) is 2.68. The summed E-state index contributed by atoms with van der Waals surface area (Å²) in [7, 11) is 1.70. The molecule has 0 atom stereocenters. The highest BCUT2D eigenvalue weighted by atomic mass is 35.5. The summed E-state index contributed by atoms with van der Waals surface area (Å²) in [5.41, 5.74) is 0.0323. The van der Waals surface area contributed by atoms with E-state index in [0.717, 1.165) is 0 Å². The average Bonchev–Trinajstić information content (AvgIpc) is 2.33. The predicted octanol–water partition coefficient (Wildman–Crippen LogP) is 1.76. The van der Waals surface area contributed by atoms with Crippen molar-refractivity contribution in [3.8, 4) is 0 Å². The standard InChI is InChI=1S/C12H11ClN2O3/c1-3-18-12(17)9-6-15(2)11-8(10(9)16)4-7(13)5-14-11/h4-6H,3H2,1-2H3. The van der Waals surface area contributed by atoms with Crippen LogP contribution < -0.4 is 5.43 Å². The van der Waals surface area contributed by atoms with Gasteiger partial charge in [0, 0.05) is 19.4 Å². The Morgan fingerprint density at radius 2 is 2.28 bits per heavy atom. The van der Waals surface area contributed by atoms with Crippen molar-refractivity contribution >= 4 is 28.6 Å². The van der Waals surface area contributed by atoms with E-state index in [9.17, 15) is 9.59 Å². The van der Waals surface area contributed by atoms with Crippen molar-refractivity contribution < 1.29 is 9.53 Å². The van der Waals surface area contributed by atoms with Crippen molar-refractivity contribution in [3.63, 3.8) is 0 Å². The van der Waals surface area contributed by atoms with Crippen LogP contribution in [0.1, 0.15) is 17.3 Å². The van der Waals surface area contributed by atoms with Gasteiger partial charge in [-0.25, -0.2) is 9.78 Å². The summed E-state index contributed by atoms with van der Waals surface area (Å²) in [5.74, 6) is -0.639. The number of hydrogen-bond donors (Lipinski definition) is 0. The lowest BCUT2D eigenvalue weighted by atomic mass is 10.2. The largest absolute Gasteiger partial charge is 0.462 e.